The average Bonchev–Trinajstić information content (AvgIpc) is 3.36. The van der Waals surface area contributed by atoms with Gasteiger partial charge in [0.2, 0.25) is 5.91 Å². The number of aromatic amines is 1. The molecule has 2 aromatic rings. The van der Waals surface area contributed by atoms with Crippen LogP contribution < -0.4 is 5.32 Å². The van der Waals surface area contributed by atoms with E-state index in [0.717, 1.165) is 10.9 Å². The standard InChI is InChI=1S/C21H24FN3O4/c1-11(2)7-16(21(28)25-9-13(22)19-18(25)17(26)10-29-19)24-20(27)15-8-12-5-3-4-6-14(12)23-15/h3-6,8,11,13,16,18-19,23H,7,9-10H2,1-2H3,(H,24,27). The van der Waals surface area contributed by atoms with Gasteiger partial charge in [0.1, 0.15) is 36.7 Å². The van der Waals surface area contributed by atoms with Gasteiger partial charge in [0, 0.05) is 10.9 Å². The van der Waals surface area contributed by atoms with Gasteiger partial charge in [-0.25, -0.2) is 4.39 Å². The number of carbonyl (C=O) groups is 3. The first-order chi connectivity index (χ1) is 13.8. The second-order valence-electron chi connectivity index (χ2n) is 8.12. The van der Waals surface area contributed by atoms with Crippen molar-refractivity contribution in [2.24, 2.45) is 5.92 Å². The summed E-state index contributed by atoms with van der Waals surface area (Å²) >= 11 is 0. The van der Waals surface area contributed by atoms with Crippen molar-refractivity contribution in [2.75, 3.05) is 13.2 Å². The Kier molecular flexibility index (Phi) is 5.12. The number of alkyl halides is 1. The Morgan fingerprint density at radius 1 is 1.34 bits per heavy atom. The van der Waals surface area contributed by atoms with E-state index in [0.29, 0.717) is 12.1 Å². The van der Waals surface area contributed by atoms with E-state index in [-0.39, 0.29) is 24.9 Å². The van der Waals surface area contributed by atoms with Crippen molar-refractivity contribution >= 4 is 28.5 Å². The van der Waals surface area contributed by atoms with Crippen LogP contribution >= 0.6 is 0 Å². The molecule has 3 heterocycles. The van der Waals surface area contributed by atoms with E-state index in [1.807, 2.05) is 38.1 Å². The van der Waals surface area contributed by atoms with E-state index < -0.39 is 36.2 Å². The Balaban J connectivity index is 1.54. The molecule has 0 radical (unpaired) electrons. The highest BCUT2D eigenvalue weighted by atomic mass is 19.1. The third kappa shape index (κ3) is 3.64. The average molecular weight is 401 g/mol. The third-order valence-corrected chi connectivity index (χ3v) is 5.49. The molecule has 4 rings (SSSR count). The molecule has 1 aromatic carbocycles. The van der Waals surface area contributed by atoms with Crippen molar-refractivity contribution in [1.29, 1.82) is 0 Å². The molecule has 4 unspecified atom stereocenters. The number of benzene rings is 1. The minimum absolute atomic E-state index is 0.113. The van der Waals surface area contributed by atoms with Crippen molar-refractivity contribution < 1.29 is 23.5 Å². The van der Waals surface area contributed by atoms with E-state index >= 15 is 0 Å². The van der Waals surface area contributed by atoms with E-state index in [9.17, 15) is 18.8 Å². The first-order valence-electron chi connectivity index (χ1n) is 9.82. The lowest BCUT2D eigenvalue weighted by molar-refractivity contribution is -0.138. The second kappa shape index (κ2) is 7.59. The normalized spacial score (nSPS) is 24.9. The lowest BCUT2D eigenvalue weighted by Gasteiger charge is -2.28. The summed E-state index contributed by atoms with van der Waals surface area (Å²) in [6.45, 7) is 3.49. The van der Waals surface area contributed by atoms with Crippen LogP contribution in [-0.2, 0) is 14.3 Å². The maximum atomic E-state index is 14.3. The van der Waals surface area contributed by atoms with Gasteiger partial charge < -0.3 is 19.9 Å². The van der Waals surface area contributed by atoms with Gasteiger partial charge in [-0.2, -0.15) is 0 Å². The van der Waals surface area contributed by atoms with Crippen LogP contribution in [0.1, 0.15) is 30.8 Å². The monoisotopic (exact) mass is 401 g/mol. The minimum Gasteiger partial charge on any atom is -0.365 e. The number of H-pyrrole nitrogens is 1. The van der Waals surface area contributed by atoms with E-state index in [2.05, 4.69) is 10.3 Å². The quantitative estimate of drug-likeness (QED) is 0.800. The number of likely N-dealkylation sites (tertiary alicyclic amines) is 1. The summed E-state index contributed by atoms with van der Waals surface area (Å²) in [7, 11) is 0. The molecule has 2 N–H and O–H groups in total. The molecule has 2 aliphatic heterocycles. The SMILES string of the molecule is CC(C)CC(NC(=O)c1cc2ccccc2[nH]1)C(=O)N1CC(F)C2OCC(=O)C21. The number of amides is 2. The summed E-state index contributed by atoms with van der Waals surface area (Å²) in [5.41, 5.74) is 1.16. The van der Waals surface area contributed by atoms with Crippen molar-refractivity contribution in [3.63, 3.8) is 0 Å². The molecular formula is C21H24FN3O4. The Bertz CT molecular complexity index is 923. The van der Waals surface area contributed by atoms with Gasteiger partial charge in [-0.3, -0.25) is 14.4 Å². The van der Waals surface area contributed by atoms with Gasteiger partial charge in [-0.15, -0.1) is 0 Å². The molecule has 29 heavy (non-hydrogen) atoms. The number of fused-ring (bicyclic) bond motifs is 2. The summed E-state index contributed by atoms with van der Waals surface area (Å²) in [5.74, 6) is -1.05. The summed E-state index contributed by atoms with van der Waals surface area (Å²) in [5, 5.41) is 3.67. The molecule has 2 fully saturated rings. The molecule has 0 bridgehead atoms. The lowest BCUT2D eigenvalue weighted by Crippen LogP contribution is -2.52. The van der Waals surface area contributed by atoms with Gasteiger partial charge in [0.15, 0.2) is 5.78 Å². The van der Waals surface area contributed by atoms with Crippen LogP contribution in [0.3, 0.4) is 0 Å². The molecule has 2 saturated heterocycles. The predicted molar refractivity (Wildman–Crippen MR) is 104 cm³/mol. The summed E-state index contributed by atoms with van der Waals surface area (Å²) < 4.78 is 19.5. The summed E-state index contributed by atoms with van der Waals surface area (Å²) in [6, 6.07) is 7.45. The Morgan fingerprint density at radius 2 is 2.10 bits per heavy atom. The van der Waals surface area contributed by atoms with E-state index in [1.54, 1.807) is 6.07 Å². The van der Waals surface area contributed by atoms with Gasteiger partial charge >= 0.3 is 0 Å². The molecule has 8 heteroatoms. The van der Waals surface area contributed by atoms with Crippen LogP contribution in [0, 0.1) is 5.92 Å². The smallest absolute Gasteiger partial charge is 0.268 e. The molecule has 7 nitrogen and oxygen atoms in total. The lowest BCUT2D eigenvalue weighted by atomic mass is 10.0. The van der Waals surface area contributed by atoms with Crippen molar-refractivity contribution in [3.8, 4) is 0 Å². The number of rotatable bonds is 5. The number of ketones is 1. The number of ether oxygens (including phenoxy) is 1. The molecule has 2 aliphatic rings. The zero-order chi connectivity index (χ0) is 20.7. The Morgan fingerprint density at radius 3 is 2.83 bits per heavy atom. The topological polar surface area (TPSA) is 91.5 Å². The molecule has 1 aromatic heterocycles. The number of aromatic nitrogens is 1. The number of halogens is 1. The Hall–Kier alpha value is -2.74. The fourth-order valence-electron chi connectivity index (χ4n) is 4.15. The molecule has 0 spiro atoms. The minimum atomic E-state index is -1.40. The van der Waals surface area contributed by atoms with E-state index in [4.69, 9.17) is 4.74 Å². The molecule has 0 aliphatic carbocycles. The van der Waals surface area contributed by atoms with Crippen molar-refractivity contribution in [3.05, 3.63) is 36.0 Å². The molecule has 4 atom stereocenters. The number of hydrogen-bond acceptors (Lipinski definition) is 4. The van der Waals surface area contributed by atoms with E-state index in [1.165, 1.54) is 4.90 Å². The highest BCUT2D eigenvalue weighted by molar-refractivity contribution is 6.01. The van der Waals surface area contributed by atoms with Crippen LogP contribution in [0.25, 0.3) is 10.9 Å². The number of nitrogens with zero attached hydrogens (tertiary/aromatic N) is 1. The van der Waals surface area contributed by atoms with Crippen molar-refractivity contribution in [2.45, 2.75) is 44.6 Å². The zero-order valence-corrected chi connectivity index (χ0v) is 16.4. The fraction of sp³-hybridized carbons (Fsp3) is 0.476. The van der Waals surface area contributed by atoms with Gasteiger partial charge in [0.25, 0.3) is 5.91 Å². The molecular weight excluding hydrogens is 377 g/mol. The van der Waals surface area contributed by atoms with Gasteiger partial charge in [-0.1, -0.05) is 32.0 Å². The highest BCUT2D eigenvalue weighted by Gasteiger charge is 2.53. The second-order valence-corrected chi connectivity index (χ2v) is 8.12. The largest absolute Gasteiger partial charge is 0.365 e. The number of hydrogen-bond donors (Lipinski definition) is 2. The van der Waals surface area contributed by atoms with Crippen molar-refractivity contribution in [1.82, 2.24) is 15.2 Å². The maximum Gasteiger partial charge on any atom is 0.268 e. The predicted octanol–water partition coefficient (Wildman–Crippen LogP) is 1.83. The highest BCUT2D eigenvalue weighted by Crippen LogP contribution is 2.30. The fourth-order valence-corrected chi connectivity index (χ4v) is 4.15. The molecule has 154 valence electrons. The zero-order valence-electron chi connectivity index (χ0n) is 16.4. The first-order valence-corrected chi connectivity index (χ1v) is 9.82. The number of para-hydroxylation sites is 1. The van der Waals surface area contributed by atoms with Crippen LogP contribution in [0.2, 0.25) is 0 Å². The van der Waals surface area contributed by atoms with Gasteiger partial charge in [0.05, 0.1) is 6.54 Å². The maximum absolute atomic E-state index is 14.3. The summed E-state index contributed by atoms with van der Waals surface area (Å²) in [6.07, 6.45) is -1.93. The summed E-state index contributed by atoms with van der Waals surface area (Å²) in [4.78, 5) is 42.4. The first kappa shape index (κ1) is 19.6. The Labute approximate surface area is 167 Å². The van der Waals surface area contributed by atoms with Gasteiger partial charge in [-0.05, 0) is 24.5 Å². The molecule has 0 saturated carbocycles. The van der Waals surface area contributed by atoms with Crippen LogP contribution in [0.4, 0.5) is 4.39 Å². The van der Waals surface area contributed by atoms with Crippen LogP contribution in [0.5, 0.6) is 0 Å². The number of nitrogens with one attached hydrogen (secondary N) is 2. The number of Topliss-reactive ketones (excluding diaryl/α,β-unsaturated/α-hetero) is 1. The molecule has 2 amide bonds. The van der Waals surface area contributed by atoms with Crippen LogP contribution in [-0.4, -0.2) is 65.0 Å². The van der Waals surface area contributed by atoms with Crippen LogP contribution in [0.15, 0.2) is 30.3 Å². The number of carbonyl (C=O) groups excluding carboxylic acids is 3. The third-order valence-electron chi connectivity index (χ3n) is 5.49.